The Balaban J connectivity index is 3.20. The van der Waals surface area contributed by atoms with Crippen molar-refractivity contribution in [3.05, 3.63) is 42.0 Å². The van der Waals surface area contributed by atoms with Crippen LogP contribution in [0.15, 0.2) is 36.4 Å². The highest BCUT2D eigenvalue weighted by atomic mass is 28.4. The van der Waals surface area contributed by atoms with Gasteiger partial charge in [0.1, 0.15) is 5.75 Å². The SMILES string of the molecule is C=C(C#N)C(O)(C(=O)OCC)c1ccc(O[Si](C)(C)C(C)(C)C)cc1. The number of aliphatic hydroxyl groups is 1. The Bertz CT molecular complexity index is 683. The number of hydrogen-bond acceptors (Lipinski definition) is 5. The monoisotopic (exact) mass is 361 g/mol. The predicted octanol–water partition coefficient (Wildman–Crippen LogP) is 3.90. The molecule has 1 aromatic carbocycles. The fraction of sp³-hybridized carbons (Fsp3) is 0.474. The third-order valence-corrected chi connectivity index (χ3v) is 8.95. The van der Waals surface area contributed by atoms with Crippen LogP contribution in [0.3, 0.4) is 0 Å². The maximum Gasteiger partial charge on any atom is 0.348 e. The summed E-state index contributed by atoms with van der Waals surface area (Å²) in [5, 5.41) is 19.9. The summed E-state index contributed by atoms with van der Waals surface area (Å²) in [6.45, 7) is 15.9. The molecule has 1 aromatic rings. The van der Waals surface area contributed by atoms with Crippen LogP contribution in [-0.4, -0.2) is 26.0 Å². The van der Waals surface area contributed by atoms with E-state index in [1.807, 2.05) is 0 Å². The first-order chi connectivity index (χ1) is 11.4. The number of hydrogen-bond donors (Lipinski definition) is 1. The second kappa shape index (κ2) is 7.42. The van der Waals surface area contributed by atoms with E-state index in [1.165, 1.54) is 0 Å². The third-order valence-electron chi connectivity index (χ3n) is 4.59. The van der Waals surface area contributed by atoms with Crippen LogP contribution in [0, 0.1) is 11.3 Å². The van der Waals surface area contributed by atoms with Gasteiger partial charge in [0.25, 0.3) is 0 Å². The van der Waals surface area contributed by atoms with Crippen molar-refractivity contribution in [2.24, 2.45) is 0 Å². The van der Waals surface area contributed by atoms with Crippen molar-refractivity contribution in [1.29, 1.82) is 5.26 Å². The molecule has 0 saturated heterocycles. The second-order valence-electron chi connectivity index (χ2n) is 7.41. The van der Waals surface area contributed by atoms with Crippen molar-refractivity contribution in [3.8, 4) is 11.8 Å². The zero-order chi connectivity index (χ0) is 19.5. The van der Waals surface area contributed by atoms with Crippen molar-refractivity contribution >= 4 is 14.3 Å². The summed E-state index contributed by atoms with van der Waals surface area (Å²) >= 11 is 0. The van der Waals surface area contributed by atoms with Gasteiger partial charge in [-0.25, -0.2) is 4.79 Å². The number of nitriles is 1. The quantitative estimate of drug-likeness (QED) is 0.472. The molecule has 25 heavy (non-hydrogen) atoms. The number of ether oxygens (including phenoxy) is 1. The Labute approximate surface area is 151 Å². The topological polar surface area (TPSA) is 79.5 Å². The van der Waals surface area contributed by atoms with Gasteiger partial charge in [0, 0.05) is 5.56 Å². The van der Waals surface area contributed by atoms with Crippen molar-refractivity contribution in [2.75, 3.05) is 6.61 Å². The minimum Gasteiger partial charge on any atom is -0.544 e. The molecule has 5 nitrogen and oxygen atoms in total. The van der Waals surface area contributed by atoms with Gasteiger partial charge in [-0.15, -0.1) is 0 Å². The molecular formula is C19H27NO4Si. The molecule has 0 saturated carbocycles. The van der Waals surface area contributed by atoms with Gasteiger partial charge >= 0.3 is 5.97 Å². The maximum absolute atomic E-state index is 12.2. The Kier molecular flexibility index (Phi) is 6.22. The van der Waals surface area contributed by atoms with Gasteiger partial charge in [0.15, 0.2) is 0 Å². The molecule has 6 heteroatoms. The minimum atomic E-state index is -2.19. The fourth-order valence-corrected chi connectivity index (χ4v) is 2.98. The Morgan fingerprint density at radius 3 is 2.20 bits per heavy atom. The minimum absolute atomic E-state index is 0.0480. The zero-order valence-corrected chi connectivity index (χ0v) is 16.8. The van der Waals surface area contributed by atoms with Crippen molar-refractivity contribution in [2.45, 2.75) is 51.4 Å². The van der Waals surface area contributed by atoms with Gasteiger partial charge < -0.3 is 14.3 Å². The molecule has 0 bridgehead atoms. The van der Waals surface area contributed by atoms with Gasteiger partial charge in [-0.05, 0) is 37.2 Å². The molecule has 1 rings (SSSR count). The number of benzene rings is 1. The lowest BCUT2D eigenvalue weighted by Crippen LogP contribution is -2.43. The molecule has 0 spiro atoms. The summed E-state index contributed by atoms with van der Waals surface area (Å²) < 4.78 is 11.1. The maximum atomic E-state index is 12.2. The molecule has 0 aliphatic heterocycles. The van der Waals surface area contributed by atoms with E-state index >= 15 is 0 Å². The summed E-state index contributed by atoms with van der Waals surface area (Å²) in [7, 11) is -2.00. The van der Waals surface area contributed by atoms with E-state index in [-0.39, 0.29) is 22.8 Å². The van der Waals surface area contributed by atoms with E-state index in [2.05, 4.69) is 40.4 Å². The second-order valence-corrected chi connectivity index (χ2v) is 12.1. The molecule has 0 amide bonds. The largest absolute Gasteiger partial charge is 0.544 e. The van der Waals surface area contributed by atoms with Crippen LogP contribution in [0.2, 0.25) is 18.1 Å². The smallest absolute Gasteiger partial charge is 0.348 e. The van der Waals surface area contributed by atoms with Gasteiger partial charge in [-0.3, -0.25) is 0 Å². The van der Waals surface area contributed by atoms with Crippen LogP contribution < -0.4 is 4.43 Å². The van der Waals surface area contributed by atoms with Crippen molar-refractivity contribution in [3.63, 3.8) is 0 Å². The lowest BCUT2D eigenvalue weighted by atomic mass is 9.87. The summed E-state index contributed by atoms with van der Waals surface area (Å²) in [6, 6.07) is 8.23. The summed E-state index contributed by atoms with van der Waals surface area (Å²) in [5.74, 6) is -0.260. The van der Waals surface area contributed by atoms with Gasteiger partial charge in [0.2, 0.25) is 13.9 Å². The number of nitrogens with zero attached hydrogens (tertiary/aromatic N) is 1. The van der Waals surface area contributed by atoms with E-state index in [4.69, 9.17) is 14.4 Å². The van der Waals surface area contributed by atoms with Crippen LogP contribution in [0.1, 0.15) is 33.3 Å². The van der Waals surface area contributed by atoms with Crippen LogP contribution in [-0.2, 0) is 15.1 Å². The average Bonchev–Trinajstić information content (AvgIpc) is 2.52. The number of carbonyl (C=O) groups is 1. The van der Waals surface area contributed by atoms with Gasteiger partial charge in [0.05, 0.1) is 18.2 Å². The molecule has 0 aromatic heterocycles. The number of esters is 1. The molecule has 0 aliphatic rings. The van der Waals surface area contributed by atoms with Crippen LogP contribution in [0.25, 0.3) is 0 Å². The molecule has 136 valence electrons. The van der Waals surface area contributed by atoms with Crippen LogP contribution in [0.5, 0.6) is 5.75 Å². The highest BCUT2D eigenvalue weighted by Crippen LogP contribution is 2.38. The van der Waals surface area contributed by atoms with E-state index in [0.29, 0.717) is 5.75 Å². The first-order valence-corrected chi connectivity index (χ1v) is 11.1. The molecule has 0 fully saturated rings. The van der Waals surface area contributed by atoms with E-state index in [1.54, 1.807) is 37.3 Å². The van der Waals surface area contributed by atoms with Gasteiger partial charge in [-0.2, -0.15) is 5.26 Å². The van der Waals surface area contributed by atoms with Crippen LogP contribution >= 0.6 is 0 Å². The normalized spacial score (nSPS) is 14.2. The Morgan fingerprint density at radius 1 is 1.28 bits per heavy atom. The summed E-state index contributed by atoms with van der Waals surface area (Å²) in [4.78, 5) is 12.2. The average molecular weight is 362 g/mol. The number of carbonyl (C=O) groups excluding carboxylic acids is 1. The lowest BCUT2D eigenvalue weighted by Gasteiger charge is -2.36. The first kappa shape index (κ1) is 20.9. The summed E-state index contributed by atoms with van der Waals surface area (Å²) in [6.07, 6.45) is 0. The molecule has 0 aliphatic carbocycles. The third kappa shape index (κ3) is 4.30. The summed E-state index contributed by atoms with van der Waals surface area (Å²) in [5.41, 5.74) is -2.26. The van der Waals surface area contributed by atoms with Gasteiger partial charge in [-0.1, -0.05) is 39.5 Å². The number of rotatable bonds is 6. The van der Waals surface area contributed by atoms with Crippen molar-refractivity contribution < 1.29 is 19.1 Å². The predicted molar refractivity (Wildman–Crippen MR) is 99.5 cm³/mol. The van der Waals surface area contributed by atoms with E-state index in [9.17, 15) is 9.90 Å². The van der Waals surface area contributed by atoms with Crippen molar-refractivity contribution in [1.82, 2.24) is 0 Å². The molecular weight excluding hydrogens is 334 g/mol. The first-order valence-electron chi connectivity index (χ1n) is 8.18. The molecule has 0 radical (unpaired) electrons. The Morgan fingerprint density at radius 2 is 1.80 bits per heavy atom. The molecule has 0 heterocycles. The highest BCUT2D eigenvalue weighted by Gasteiger charge is 2.43. The fourth-order valence-electron chi connectivity index (χ4n) is 1.94. The molecule has 1 atom stereocenters. The highest BCUT2D eigenvalue weighted by molar-refractivity contribution is 6.74. The standard InChI is InChI=1S/C19H27NO4Si/c1-8-23-17(21)19(22,14(2)13-20)15-9-11-16(12-10-15)24-25(6,7)18(3,4)5/h9-12,22H,2,8H2,1,3-7H3. The van der Waals surface area contributed by atoms with E-state index < -0.39 is 19.9 Å². The lowest BCUT2D eigenvalue weighted by molar-refractivity contribution is -0.161. The zero-order valence-electron chi connectivity index (χ0n) is 15.8. The molecule has 1 N–H and O–H groups in total. The van der Waals surface area contributed by atoms with E-state index in [0.717, 1.165) is 0 Å². The molecule has 1 unspecified atom stereocenters. The Hall–Kier alpha value is -2.10. The van der Waals surface area contributed by atoms with Crippen LogP contribution in [0.4, 0.5) is 0 Å².